The van der Waals surface area contributed by atoms with Gasteiger partial charge in [-0.3, -0.25) is 0 Å². The third-order valence-corrected chi connectivity index (χ3v) is 2.61. The molecule has 0 bridgehead atoms. The van der Waals surface area contributed by atoms with E-state index in [1.54, 1.807) is 0 Å². The standard InChI is InChI=1S/C9H11ClN2/c1-9(10)11-7-5-3-4-6-8(7)12(9)2/h3-6,11H,1-2H3. The van der Waals surface area contributed by atoms with Crippen molar-refractivity contribution in [3.05, 3.63) is 24.3 Å². The number of halogens is 1. The number of benzene rings is 1. The fourth-order valence-electron chi connectivity index (χ4n) is 1.43. The highest BCUT2D eigenvalue weighted by Gasteiger charge is 2.34. The smallest absolute Gasteiger partial charge is 0.185 e. The van der Waals surface area contributed by atoms with Gasteiger partial charge in [-0.05, 0) is 19.1 Å². The van der Waals surface area contributed by atoms with E-state index in [1.165, 1.54) is 0 Å². The van der Waals surface area contributed by atoms with Crippen molar-refractivity contribution in [1.82, 2.24) is 0 Å². The van der Waals surface area contributed by atoms with Crippen LogP contribution >= 0.6 is 11.6 Å². The van der Waals surface area contributed by atoms with Gasteiger partial charge in [0.2, 0.25) is 0 Å². The van der Waals surface area contributed by atoms with Crippen molar-refractivity contribution in [2.75, 3.05) is 17.3 Å². The average molecular weight is 183 g/mol. The Kier molecular flexibility index (Phi) is 1.48. The quantitative estimate of drug-likeness (QED) is 0.490. The van der Waals surface area contributed by atoms with Crippen LogP contribution in [0, 0.1) is 0 Å². The molecular formula is C9H11ClN2. The van der Waals surface area contributed by atoms with E-state index in [0.29, 0.717) is 0 Å². The van der Waals surface area contributed by atoms with Crippen LogP contribution < -0.4 is 10.2 Å². The van der Waals surface area contributed by atoms with Crippen LogP contribution in [0.4, 0.5) is 11.4 Å². The average Bonchev–Trinajstić information content (AvgIpc) is 2.24. The van der Waals surface area contributed by atoms with Crippen LogP contribution in [0.5, 0.6) is 0 Å². The minimum absolute atomic E-state index is 0.482. The van der Waals surface area contributed by atoms with Crippen molar-refractivity contribution in [2.45, 2.75) is 12.0 Å². The summed E-state index contributed by atoms with van der Waals surface area (Å²) in [6, 6.07) is 8.09. The Morgan fingerprint density at radius 1 is 1.42 bits per heavy atom. The number of nitrogens with one attached hydrogen (secondary N) is 1. The van der Waals surface area contributed by atoms with Gasteiger partial charge in [0.25, 0.3) is 0 Å². The van der Waals surface area contributed by atoms with Crippen LogP contribution in [0.2, 0.25) is 0 Å². The fourth-order valence-corrected chi connectivity index (χ4v) is 1.62. The summed E-state index contributed by atoms with van der Waals surface area (Å²) in [5.41, 5.74) is 2.24. The number of fused-ring (bicyclic) bond motifs is 1. The number of nitrogens with zero attached hydrogens (tertiary/aromatic N) is 1. The largest absolute Gasteiger partial charge is 0.349 e. The summed E-state index contributed by atoms with van der Waals surface area (Å²) in [4.78, 5) is 2.02. The first kappa shape index (κ1) is 7.74. The number of para-hydroxylation sites is 2. The molecule has 0 spiro atoms. The molecule has 1 aromatic rings. The van der Waals surface area contributed by atoms with Gasteiger partial charge in [-0.1, -0.05) is 23.7 Å². The zero-order valence-electron chi connectivity index (χ0n) is 7.13. The molecule has 2 nitrogen and oxygen atoms in total. The summed E-state index contributed by atoms with van der Waals surface area (Å²) < 4.78 is 0. The Balaban J connectivity index is 2.49. The van der Waals surface area contributed by atoms with E-state index >= 15 is 0 Å². The fraction of sp³-hybridized carbons (Fsp3) is 0.333. The monoisotopic (exact) mass is 182 g/mol. The zero-order chi connectivity index (χ0) is 8.77. The number of rotatable bonds is 0. The zero-order valence-corrected chi connectivity index (χ0v) is 7.89. The molecule has 1 aliphatic heterocycles. The number of hydrogen-bond donors (Lipinski definition) is 1. The number of alkyl halides is 1. The molecule has 64 valence electrons. The van der Waals surface area contributed by atoms with E-state index in [-0.39, 0.29) is 0 Å². The highest BCUT2D eigenvalue weighted by molar-refractivity contribution is 6.27. The van der Waals surface area contributed by atoms with Crippen LogP contribution in [0.3, 0.4) is 0 Å². The van der Waals surface area contributed by atoms with Crippen molar-refractivity contribution >= 4 is 23.0 Å². The van der Waals surface area contributed by atoms with E-state index in [1.807, 2.05) is 37.1 Å². The lowest BCUT2D eigenvalue weighted by atomic mass is 10.3. The molecule has 12 heavy (non-hydrogen) atoms. The molecule has 0 saturated heterocycles. The second-order valence-electron chi connectivity index (χ2n) is 3.15. The van der Waals surface area contributed by atoms with Crippen LogP contribution in [0.25, 0.3) is 0 Å². The number of anilines is 2. The SMILES string of the molecule is CN1c2ccccc2NC1(C)Cl. The molecule has 1 atom stereocenters. The Hall–Kier alpha value is -0.890. The van der Waals surface area contributed by atoms with Gasteiger partial charge in [0.05, 0.1) is 11.4 Å². The van der Waals surface area contributed by atoms with Crippen molar-refractivity contribution in [3.8, 4) is 0 Å². The maximum atomic E-state index is 6.20. The van der Waals surface area contributed by atoms with Crippen molar-refractivity contribution < 1.29 is 0 Å². The number of hydrogen-bond acceptors (Lipinski definition) is 2. The molecular weight excluding hydrogens is 172 g/mol. The maximum Gasteiger partial charge on any atom is 0.185 e. The van der Waals surface area contributed by atoms with Gasteiger partial charge in [-0.25, -0.2) is 0 Å². The first-order valence-corrected chi connectivity index (χ1v) is 4.29. The predicted octanol–water partition coefficient (Wildman–Crippen LogP) is 2.46. The summed E-state index contributed by atoms with van der Waals surface area (Å²) in [7, 11) is 1.98. The summed E-state index contributed by atoms with van der Waals surface area (Å²) in [5, 5.41) is 2.73. The molecule has 0 radical (unpaired) electrons. The van der Waals surface area contributed by atoms with Crippen LogP contribution in [-0.4, -0.2) is 12.2 Å². The first-order chi connectivity index (χ1) is 5.61. The summed E-state index contributed by atoms with van der Waals surface area (Å²) in [5.74, 6) is 0. The molecule has 0 saturated carbocycles. The van der Waals surface area contributed by atoms with Crippen molar-refractivity contribution in [1.29, 1.82) is 0 Å². The van der Waals surface area contributed by atoms with Gasteiger partial charge >= 0.3 is 0 Å². The molecule has 0 amide bonds. The molecule has 1 N–H and O–H groups in total. The molecule has 1 aromatic carbocycles. The van der Waals surface area contributed by atoms with Crippen molar-refractivity contribution in [3.63, 3.8) is 0 Å². The van der Waals surface area contributed by atoms with Gasteiger partial charge < -0.3 is 10.2 Å². The third-order valence-electron chi connectivity index (χ3n) is 2.26. The molecule has 0 aliphatic carbocycles. The Bertz CT molecular complexity index is 309. The predicted molar refractivity (Wildman–Crippen MR) is 52.7 cm³/mol. The summed E-state index contributed by atoms with van der Waals surface area (Å²) in [6.45, 7) is 1.94. The van der Waals surface area contributed by atoms with Crippen LogP contribution in [0.1, 0.15) is 6.92 Å². The molecule has 0 fully saturated rings. The van der Waals surface area contributed by atoms with Crippen LogP contribution in [-0.2, 0) is 0 Å². The van der Waals surface area contributed by atoms with E-state index in [2.05, 4.69) is 11.4 Å². The van der Waals surface area contributed by atoms with Gasteiger partial charge in [-0.2, -0.15) is 0 Å². The first-order valence-electron chi connectivity index (χ1n) is 3.91. The summed E-state index contributed by atoms with van der Waals surface area (Å²) >= 11 is 6.20. The molecule has 1 aliphatic rings. The second kappa shape index (κ2) is 2.30. The molecule has 2 rings (SSSR count). The second-order valence-corrected chi connectivity index (χ2v) is 3.89. The van der Waals surface area contributed by atoms with Crippen LogP contribution in [0.15, 0.2) is 24.3 Å². The lowest BCUT2D eigenvalue weighted by Crippen LogP contribution is -2.39. The van der Waals surface area contributed by atoms with Gasteiger partial charge in [0.15, 0.2) is 5.12 Å². The molecule has 1 unspecified atom stereocenters. The Morgan fingerprint density at radius 3 is 2.75 bits per heavy atom. The molecule has 3 heteroatoms. The minimum atomic E-state index is -0.482. The molecule has 0 aromatic heterocycles. The lowest BCUT2D eigenvalue weighted by molar-refractivity contribution is 0.727. The Labute approximate surface area is 77.1 Å². The van der Waals surface area contributed by atoms with Crippen molar-refractivity contribution in [2.24, 2.45) is 0 Å². The van der Waals surface area contributed by atoms with E-state index in [9.17, 15) is 0 Å². The van der Waals surface area contributed by atoms with E-state index < -0.39 is 5.12 Å². The van der Waals surface area contributed by atoms with E-state index in [0.717, 1.165) is 11.4 Å². The van der Waals surface area contributed by atoms with Gasteiger partial charge in [0.1, 0.15) is 0 Å². The van der Waals surface area contributed by atoms with Gasteiger partial charge in [0, 0.05) is 7.05 Å². The Morgan fingerprint density at radius 2 is 2.08 bits per heavy atom. The molecule has 1 heterocycles. The topological polar surface area (TPSA) is 15.3 Å². The normalized spacial score (nSPS) is 26.8. The lowest BCUT2D eigenvalue weighted by Gasteiger charge is -2.26. The van der Waals surface area contributed by atoms with E-state index in [4.69, 9.17) is 11.6 Å². The third kappa shape index (κ3) is 0.950. The highest BCUT2D eigenvalue weighted by Crippen LogP contribution is 2.39. The maximum absolute atomic E-state index is 6.20. The summed E-state index contributed by atoms with van der Waals surface area (Å²) in [6.07, 6.45) is 0. The highest BCUT2D eigenvalue weighted by atomic mass is 35.5. The minimum Gasteiger partial charge on any atom is -0.349 e. The van der Waals surface area contributed by atoms with Gasteiger partial charge in [-0.15, -0.1) is 0 Å².